The van der Waals surface area contributed by atoms with Gasteiger partial charge in [0.15, 0.2) is 0 Å². The van der Waals surface area contributed by atoms with Crippen LogP contribution in [-0.4, -0.2) is 10.2 Å². The fraction of sp³-hybridized carbons (Fsp3) is 0. The maximum absolute atomic E-state index is 9.33. The lowest BCUT2D eigenvalue weighted by atomic mass is 10.2. The van der Waals surface area contributed by atoms with E-state index in [4.69, 9.17) is 9.52 Å². The van der Waals surface area contributed by atoms with Crippen LogP contribution in [0.4, 0.5) is 0 Å². The van der Waals surface area contributed by atoms with Gasteiger partial charge in [-0.05, 0) is 6.07 Å². The molecule has 1 aromatic carbocycles. The van der Waals surface area contributed by atoms with Crippen LogP contribution in [0.1, 0.15) is 0 Å². The van der Waals surface area contributed by atoms with Crippen LogP contribution in [0.15, 0.2) is 34.9 Å². The molecule has 0 aliphatic rings. The number of benzene rings is 1. The Morgan fingerprint density at radius 3 is 2.83 bits per heavy atom. The van der Waals surface area contributed by atoms with Crippen molar-refractivity contribution in [3.05, 3.63) is 30.5 Å². The molecule has 0 bridgehead atoms. The Morgan fingerprint density at radius 1 is 1.17 bits per heavy atom. The number of hydrogen-bond acceptors (Lipinski definition) is 2. The van der Waals surface area contributed by atoms with Crippen molar-refractivity contribution in [3.63, 3.8) is 0 Å². The van der Waals surface area contributed by atoms with Crippen molar-refractivity contribution in [2.45, 2.75) is 0 Å². The molecule has 2 N–H and O–H groups in total. The lowest BCUT2D eigenvalue weighted by Gasteiger charge is -1.93. The van der Waals surface area contributed by atoms with Crippen LogP contribution in [0, 0.1) is 0 Å². The zero-order chi connectivity index (χ0) is 8.55. The second-order valence-corrected chi connectivity index (χ2v) is 2.49. The van der Waals surface area contributed by atoms with Crippen LogP contribution >= 0.6 is 0 Å². The van der Waals surface area contributed by atoms with E-state index in [2.05, 4.69) is 0 Å². The minimum Gasteiger partial charge on any atom is -0.507 e. The standard InChI is InChI=1S/C9H6O3/c10-6-4-8(11)7-2-1-3-12-9(7)5-6/h1-5H,(H-,10,11)/p+1. The fourth-order valence-corrected chi connectivity index (χ4v) is 1.11. The summed E-state index contributed by atoms with van der Waals surface area (Å²) in [5.74, 6) is 0.0179. The van der Waals surface area contributed by atoms with Crippen molar-refractivity contribution in [2.75, 3.05) is 0 Å². The van der Waals surface area contributed by atoms with Gasteiger partial charge in [0, 0.05) is 12.1 Å². The Morgan fingerprint density at radius 2 is 2.00 bits per heavy atom. The van der Waals surface area contributed by atoms with Gasteiger partial charge in [0.05, 0.1) is 6.07 Å². The van der Waals surface area contributed by atoms with Gasteiger partial charge in [0.2, 0.25) is 0 Å². The molecule has 0 spiro atoms. The molecule has 60 valence electrons. The largest absolute Gasteiger partial charge is 0.507 e. The van der Waals surface area contributed by atoms with Crippen LogP contribution < -0.4 is 0 Å². The first-order valence-corrected chi connectivity index (χ1v) is 3.50. The molecule has 2 aromatic rings. The summed E-state index contributed by atoms with van der Waals surface area (Å²) in [7, 11) is 0. The van der Waals surface area contributed by atoms with Gasteiger partial charge in [-0.25, -0.2) is 4.42 Å². The molecule has 2 rings (SSSR count). The van der Waals surface area contributed by atoms with E-state index in [9.17, 15) is 5.11 Å². The van der Waals surface area contributed by atoms with Gasteiger partial charge >= 0.3 is 11.8 Å². The van der Waals surface area contributed by atoms with Crippen molar-refractivity contribution in [2.24, 2.45) is 0 Å². The van der Waals surface area contributed by atoms with Crippen LogP contribution in [0.25, 0.3) is 11.0 Å². The summed E-state index contributed by atoms with van der Waals surface area (Å²) in [6.45, 7) is 0. The third kappa shape index (κ3) is 0.955. The van der Waals surface area contributed by atoms with Gasteiger partial charge < -0.3 is 10.2 Å². The molecule has 3 heteroatoms. The van der Waals surface area contributed by atoms with Crippen molar-refractivity contribution < 1.29 is 14.6 Å². The highest BCUT2D eigenvalue weighted by molar-refractivity contribution is 5.84. The number of hydrogen-bond donors (Lipinski definition) is 2. The minimum atomic E-state index is -0.00468. The van der Waals surface area contributed by atoms with E-state index < -0.39 is 0 Å². The number of phenolic OH excluding ortho intramolecular Hbond substituents is 2. The highest BCUT2D eigenvalue weighted by atomic mass is 16.3. The van der Waals surface area contributed by atoms with E-state index in [0.717, 1.165) is 0 Å². The predicted molar refractivity (Wildman–Crippen MR) is 44.0 cm³/mol. The Bertz CT molecular complexity index is 423. The predicted octanol–water partition coefficient (Wildman–Crippen LogP) is 2.13. The van der Waals surface area contributed by atoms with Crippen LogP contribution in [0.5, 0.6) is 11.5 Å². The maximum Gasteiger partial charge on any atom is 0.367 e. The molecule has 1 heterocycles. The normalized spacial score (nSPS) is 10.3. The Labute approximate surface area is 68.5 Å². The first-order chi connectivity index (χ1) is 5.77. The highest BCUT2D eigenvalue weighted by Gasteiger charge is 2.10. The molecule has 0 amide bonds. The molecule has 0 atom stereocenters. The van der Waals surface area contributed by atoms with Gasteiger partial charge in [0.25, 0.3) is 0 Å². The number of rotatable bonds is 0. The van der Waals surface area contributed by atoms with Gasteiger partial charge in [-0.15, -0.1) is 0 Å². The minimum absolute atomic E-state index is 0.00468. The molecule has 1 aromatic heterocycles. The average molecular weight is 163 g/mol. The Kier molecular flexibility index (Phi) is 1.37. The second-order valence-electron chi connectivity index (χ2n) is 2.49. The summed E-state index contributed by atoms with van der Waals surface area (Å²) in [6.07, 6.45) is 1.49. The molecule has 3 nitrogen and oxygen atoms in total. The first kappa shape index (κ1) is 6.91. The maximum atomic E-state index is 9.33. The molecule has 0 unspecified atom stereocenters. The molecule has 0 radical (unpaired) electrons. The van der Waals surface area contributed by atoms with Crippen LogP contribution in [0.3, 0.4) is 0 Å². The van der Waals surface area contributed by atoms with E-state index in [1.54, 1.807) is 12.1 Å². The van der Waals surface area contributed by atoms with Crippen molar-refractivity contribution in [1.82, 2.24) is 0 Å². The Hall–Kier alpha value is -1.77. The summed E-state index contributed by atoms with van der Waals surface area (Å²) >= 11 is 0. The number of fused-ring (bicyclic) bond motifs is 1. The highest BCUT2D eigenvalue weighted by Crippen LogP contribution is 2.28. The summed E-state index contributed by atoms with van der Waals surface area (Å²) in [4.78, 5) is 0. The molecular weight excluding hydrogens is 156 g/mol. The van der Waals surface area contributed by atoms with Gasteiger partial charge in [-0.2, -0.15) is 0 Å². The third-order valence-corrected chi connectivity index (χ3v) is 1.64. The van der Waals surface area contributed by atoms with Crippen LogP contribution in [-0.2, 0) is 0 Å². The van der Waals surface area contributed by atoms with E-state index in [1.165, 1.54) is 18.4 Å². The summed E-state index contributed by atoms with van der Waals surface area (Å²) < 4.78 is 5.05. The molecular formula is C9H7O3+. The van der Waals surface area contributed by atoms with Crippen LogP contribution in [0.2, 0.25) is 0 Å². The Balaban J connectivity index is 2.89. The topological polar surface area (TPSA) is 51.8 Å². The molecule has 0 saturated carbocycles. The molecule has 0 aliphatic heterocycles. The molecule has 12 heavy (non-hydrogen) atoms. The SMILES string of the molecule is Oc1cc(O)c2ccc[o+]c2c1. The summed E-state index contributed by atoms with van der Waals surface area (Å²) in [5.41, 5.74) is 0.468. The van der Waals surface area contributed by atoms with E-state index >= 15 is 0 Å². The van der Waals surface area contributed by atoms with Gasteiger partial charge in [0.1, 0.15) is 16.9 Å². The zero-order valence-electron chi connectivity index (χ0n) is 6.19. The van der Waals surface area contributed by atoms with Gasteiger partial charge in [-0.1, -0.05) is 0 Å². The monoisotopic (exact) mass is 163 g/mol. The second kappa shape index (κ2) is 2.37. The van der Waals surface area contributed by atoms with Crippen molar-refractivity contribution in [1.29, 1.82) is 0 Å². The number of aromatic hydroxyl groups is 2. The van der Waals surface area contributed by atoms with E-state index in [-0.39, 0.29) is 11.5 Å². The molecule has 0 saturated heterocycles. The number of phenols is 2. The lowest BCUT2D eigenvalue weighted by Crippen LogP contribution is -1.73. The quantitative estimate of drug-likeness (QED) is 0.585. The van der Waals surface area contributed by atoms with Crippen molar-refractivity contribution in [3.8, 4) is 11.5 Å². The fourth-order valence-electron chi connectivity index (χ4n) is 1.11. The zero-order valence-corrected chi connectivity index (χ0v) is 6.19. The van der Waals surface area contributed by atoms with E-state index in [0.29, 0.717) is 11.0 Å². The first-order valence-electron chi connectivity index (χ1n) is 3.50. The van der Waals surface area contributed by atoms with E-state index in [1.807, 2.05) is 0 Å². The lowest BCUT2D eigenvalue weighted by molar-refractivity contribution is 0.452. The van der Waals surface area contributed by atoms with Gasteiger partial charge in [-0.3, -0.25) is 0 Å². The van der Waals surface area contributed by atoms with Crippen molar-refractivity contribution >= 4 is 11.0 Å². The molecule has 0 fully saturated rings. The third-order valence-electron chi connectivity index (χ3n) is 1.64. The summed E-state index contributed by atoms with van der Waals surface area (Å²) in [6, 6.07) is 6.12. The smallest absolute Gasteiger partial charge is 0.367 e. The molecule has 0 aliphatic carbocycles. The average Bonchev–Trinajstić information content (AvgIpc) is 2.04. The summed E-state index contributed by atoms with van der Waals surface area (Å²) in [5, 5.41) is 19.0.